The minimum Gasteiger partial charge on any atom is -0.368 e. The quantitative estimate of drug-likeness (QED) is 0.379. The Kier molecular flexibility index (Phi) is 5.81. The number of nitrogens with zero attached hydrogens (tertiary/aromatic N) is 1. The molecule has 7 nitrogen and oxygen atoms in total. The number of benzene rings is 3. The van der Waals surface area contributed by atoms with Gasteiger partial charge in [0.15, 0.2) is 0 Å². The van der Waals surface area contributed by atoms with Crippen molar-refractivity contribution in [3.05, 3.63) is 77.3 Å². The van der Waals surface area contributed by atoms with E-state index in [1.54, 1.807) is 30.3 Å². The normalized spacial score (nSPS) is 15.5. The highest BCUT2D eigenvalue weighted by Gasteiger charge is 2.23. The molecule has 3 aromatic carbocycles. The Morgan fingerprint density at radius 2 is 1.85 bits per heavy atom. The maximum Gasteiger partial charge on any atom is 0.255 e. The van der Waals surface area contributed by atoms with Gasteiger partial charge in [0, 0.05) is 29.1 Å². The van der Waals surface area contributed by atoms with Gasteiger partial charge in [0.1, 0.15) is 11.9 Å². The number of hydrogen-bond acceptors (Lipinski definition) is 4. The molecule has 0 spiro atoms. The molecule has 1 unspecified atom stereocenters. The fourth-order valence-corrected chi connectivity index (χ4v) is 4.04. The Balaban J connectivity index is 1.31. The van der Waals surface area contributed by atoms with Gasteiger partial charge in [0.25, 0.3) is 11.8 Å². The van der Waals surface area contributed by atoms with Crippen molar-refractivity contribution in [2.24, 2.45) is 0 Å². The molecule has 1 saturated heterocycles. The van der Waals surface area contributed by atoms with Crippen LogP contribution in [0.3, 0.4) is 0 Å². The predicted octanol–water partition coefficient (Wildman–Crippen LogP) is 5.25. The number of hydrogen-bond donors (Lipinski definition) is 3. The second-order valence-electron chi connectivity index (χ2n) is 7.82. The lowest BCUT2D eigenvalue weighted by Crippen LogP contribution is -2.27. The van der Waals surface area contributed by atoms with Gasteiger partial charge in [-0.3, -0.25) is 9.59 Å². The highest BCUT2D eigenvalue weighted by Crippen LogP contribution is 2.28. The fourth-order valence-electron chi connectivity index (χ4n) is 3.82. The summed E-state index contributed by atoms with van der Waals surface area (Å²) in [5, 5.41) is 6.33. The van der Waals surface area contributed by atoms with Gasteiger partial charge < -0.3 is 20.4 Å². The van der Waals surface area contributed by atoms with Gasteiger partial charge >= 0.3 is 0 Å². The van der Waals surface area contributed by atoms with Crippen LogP contribution in [0.1, 0.15) is 23.2 Å². The smallest absolute Gasteiger partial charge is 0.255 e. The van der Waals surface area contributed by atoms with E-state index in [9.17, 15) is 9.59 Å². The number of imidazole rings is 1. The van der Waals surface area contributed by atoms with E-state index in [-0.39, 0.29) is 11.8 Å². The molecule has 8 heteroatoms. The number of fused-ring (bicyclic) bond motifs is 1. The first-order valence-corrected chi connectivity index (χ1v) is 11.0. The first-order chi connectivity index (χ1) is 16.1. The van der Waals surface area contributed by atoms with Crippen molar-refractivity contribution in [2.45, 2.75) is 18.9 Å². The first-order valence-electron chi connectivity index (χ1n) is 10.7. The minimum absolute atomic E-state index is 0.191. The number of carbonyl (C=O) groups is 2. The fraction of sp³-hybridized carbons (Fsp3) is 0.160. The van der Waals surface area contributed by atoms with Crippen LogP contribution in [-0.2, 0) is 9.53 Å². The van der Waals surface area contributed by atoms with Crippen LogP contribution in [0.4, 0.5) is 11.4 Å². The van der Waals surface area contributed by atoms with Crippen LogP contribution < -0.4 is 10.6 Å². The summed E-state index contributed by atoms with van der Waals surface area (Å²) in [6.07, 6.45) is 1.15. The molecular weight excluding hydrogens is 440 g/mol. The maximum absolute atomic E-state index is 12.8. The van der Waals surface area contributed by atoms with Gasteiger partial charge in [-0.25, -0.2) is 4.98 Å². The molecule has 5 rings (SSSR count). The molecule has 33 heavy (non-hydrogen) atoms. The van der Waals surface area contributed by atoms with Crippen LogP contribution >= 0.6 is 11.6 Å². The molecule has 1 atom stereocenters. The first kappa shape index (κ1) is 21.2. The molecule has 0 aliphatic carbocycles. The molecule has 2 heterocycles. The van der Waals surface area contributed by atoms with Gasteiger partial charge in [-0.2, -0.15) is 0 Å². The molecule has 2 amide bonds. The summed E-state index contributed by atoms with van der Waals surface area (Å²) in [5.41, 5.74) is 3.96. The van der Waals surface area contributed by atoms with E-state index in [0.717, 1.165) is 23.0 Å². The largest absolute Gasteiger partial charge is 0.368 e. The maximum atomic E-state index is 12.8. The van der Waals surface area contributed by atoms with Gasteiger partial charge in [0.05, 0.1) is 16.1 Å². The molecule has 3 N–H and O–H groups in total. The molecule has 1 aliphatic rings. The van der Waals surface area contributed by atoms with Gasteiger partial charge in [-0.05, 0) is 61.4 Å². The van der Waals surface area contributed by atoms with Crippen molar-refractivity contribution in [1.82, 2.24) is 9.97 Å². The Labute approximate surface area is 195 Å². The van der Waals surface area contributed by atoms with E-state index in [1.165, 1.54) is 0 Å². The Bertz CT molecular complexity index is 1340. The highest BCUT2D eigenvalue weighted by molar-refractivity contribution is 6.33. The third-order valence-corrected chi connectivity index (χ3v) is 5.81. The average molecular weight is 461 g/mol. The number of amides is 2. The van der Waals surface area contributed by atoms with E-state index >= 15 is 0 Å². The zero-order valence-corrected chi connectivity index (χ0v) is 18.4. The number of aromatic nitrogens is 2. The lowest BCUT2D eigenvalue weighted by Gasteiger charge is -2.11. The summed E-state index contributed by atoms with van der Waals surface area (Å²) in [6, 6.07) is 19.7. The number of ether oxygens (including phenoxy) is 1. The number of rotatable bonds is 5. The molecule has 0 saturated carbocycles. The number of halogens is 1. The third-order valence-electron chi connectivity index (χ3n) is 5.48. The highest BCUT2D eigenvalue weighted by atomic mass is 35.5. The summed E-state index contributed by atoms with van der Waals surface area (Å²) in [6.45, 7) is 0.598. The van der Waals surface area contributed by atoms with Crippen molar-refractivity contribution >= 4 is 45.8 Å². The molecule has 4 aromatic rings. The van der Waals surface area contributed by atoms with Crippen molar-refractivity contribution in [2.75, 3.05) is 17.2 Å². The summed E-state index contributed by atoms with van der Waals surface area (Å²) < 4.78 is 5.41. The number of aromatic amines is 1. The van der Waals surface area contributed by atoms with E-state index in [2.05, 4.69) is 20.6 Å². The number of carbonyl (C=O) groups excluding carboxylic acids is 2. The minimum atomic E-state index is -0.431. The van der Waals surface area contributed by atoms with E-state index in [0.29, 0.717) is 40.8 Å². The Morgan fingerprint density at radius 1 is 1.00 bits per heavy atom. The topological polar surface area (TPSA) is 96.1 Å². The van der Waals surface area contributed by atoms with Crippen molar-refractivity contribution < 1.29 is 14.3 Å². The summed E-state index contributed by atoms with van der Waals surface area (Å²) >= 11 is 6.29. The van der Waals surface area contributed by atoms with Crippen LogP contribution in [0.25, 0.3) is 22.4 Å². The number of anilines is 2. The molecule has 166 valence electrons. The summed E-state index contributed by atoms with van der Waals surface area (Å²) in [4.78, 5) is 33.0. The zero-order chi connectivity index (χ0) is 22.8. The lowest BCUT2D eigenvalue weighted by molar-refractivity contribution is -0.124. The summed E-state index contributed by atoms with van der Waals surface area (Å²) in [7, 11) is 0. The molecular formula is C25H21ClN4O3. The van der Waals surface area contributed by atoms with Crippen LogP contribution in [0.2, 0.25) is 5.02 Å². The Hall–Kier alpha value is -3.68. The zero-order valence-electron chi connectivity index (χ0n) is 17.6. The van der Waals surface area contributed by atoms with Gasteiger partial charge in [0.2, 0.25) is 0 Å². The van der Waals surface area contributed by atoms with Crippen LogP contribution in [-0.4, -0.2) is 34.5 Å². The molecule has 0 bridgehead atoms. The molecule has 1 aliphatic heterocycles. The summed E-state index contributed by atoms with van der Waals surface area (Å²) in [5.74, 6) is 0.186. The van der Waals surface area contributed by atoms with E-state index in [1.807, 2.05) is 36.4 Å². The number of nitrogens with one attached hydrogen (secondary N) is 3. The molecule has 1 fully saturated rings. The number of H-pyrrole nitrogens is 1. The molecule has 1 aromatic heterocycles. The standard InChI is InChI=1S/C25H21ClN4O3/c26-19-8-2-1-7-18(19)23-29-20-11-10-17(14-21(20)30-23)27-24(31)15-5-3-6-16(13-15)28-25(32)22-9-4-12-33-22/h1-3,5-8,10-11,13-14,22H,4,9,12H2,(H,27,31)(H,28,32)(H,29,30). The van der Waals surface area contributed by atoms with Crippen molar-refractivity contribution in [3.63, 3.8) is 0 Å². The SMILES string of the molecule is O=C(Nc1ccc2nc(-c3ccccc3Cl)[nH]c2c1)c1cccc(NC(=O)C2CCCO2)c1. The van der Waals surface area contributed by atoms with Crippen LogP contribution in [0, 0.1) is 0 Å². The second-order valence-corrected chi connectivity index (χ2v) is 8.23. The lowest BCUT2D eigenvalue weighted by atomic mass is 10.1. The van der Waals surface area contributed by atoms with Crippen molar-refractivity contribution in [3.8, 4) is 11.4 Å². The second kappa shape index (κ2) is 9.05. The Morgan fingerprint density at radius 3 is 2.67 bits per heavy atom. The average Bonchev–Trinajstić information content (AvgIpc) is 3.49. The van der Waals surface area contributed by atoms with Crippen LogP contribution in [0.5, 0.6) is 0 Å². The van der Waals surface area contributed by atoms with Crippen molar-refractivity contribution in [1.29, 1.82) is 0 Å². The monoisotopic (exact) mass is 460 g/mol. The van der Waals surface area contributed by atoms with Gasteiger partial charge in [-0.15, -0.1) is 0 Å². The van der Waals surface area contributed by atoms with E-state index in [4.69, 9.17) is 16.3 Å². The molecule has 0 radical (unpaired) electrons. The third kappa shape index (κ3) is 4.60. The predicted molar refractivity (Wildman–Crippen MR) is 129 cm³/mol. The van der Waals surface area contributed by atoms with Crippen LogP contribution in [0.15, 0.2) is 66.7 Å². The van der Waals surface area contributed by atoms with E-state index < -0.39 is 6.10 Å². The van der Waals surface area contributed by atoms with Gasteiger partial charge in [-0.1, -0.05) is 29.8 Å².